The number of likely N-dealkylation sites (tertiary alicyclic amines) is 1. The molecular weight excluding hydrogens is 268 g/mol. The number of hydrogen-bond acceptors (Lipinski definition) is 2. The summed E-state index contributed by atoms with van der Waals surface area (Å²) in [5.41, 5.74) is 4.11. The molecule has 1 aliphatic heterocycles. The fourth-order valence-corrected chi connectivity index (χ4v) is 4.22. The summed E-state index contributed by atoms with van der Waals surface area (Å²) < 4.78 is 0. The standard InChI is InChI=1S/C20H20N2/c21-12-16-5-4-6-17(9-16)13-22-14-20(15-22)10-19(11-20)18-7-2-1-3-8-18/h1-9,19H,10-11,13-15H2. The largest absolute Gasteiger partial charge is 0.298 e. The Labute approximate surface area is 132 Å². The fourth-order valence-electron chi connectivity index (χ4n) is 4.22. The maximum atomic E-state index is 8.97. The monoisotopic (exact) mass is 288 g/mol. The van der Waals surface area contributed by atoms with Crippen molar-refractivity contribution in [3.63, 3.8) is 0 Å². The lowest BCUT2D eigenvalue weighted by atomic mass is 9.56. The molecule has 4 rings (SSSR count). The van der Waals surface area contributed by atoms with Crippen LogP contribution < -0.4 is 0 Å². The third-order valence-corrected chi connectivity index (χ3v) is 5.21. The average Bonchev–Trinajstić information content (AvgIpc) is 2.49. The lowest BCUT2D eigenvalue weighted by Crippen LogP contribution is -2.61. The van der Waals surface area contributed by atoms with Crippen LogP contribution in [0.3, 0.4) is 0 Å². The molecule has 1 spiro atoms. The minimum absolute atomic E-state index is 0.577. The summed E-state index contributed by atoms with van der Waals surface area (Å²) in [6, 6.07) is 21.1. The zero-order chi connectivity index (χ0) is 15.0. The Morgan fingerprint density at radius 1 is 1.05 bits per heavy atom. The van der Waals surface area contributed by atoms with Gasteiger partial charge in [0.05, 0.1) is 11.6 Å². The second kappa shape index (κ2) is 5.26. The maximum Gasteiger partial charge on any atom is 0.0991 e. The van der Waals surface area contributed by atoms with Crippen molar-refractivity contribution < 1.29 is 0 Å². The molecular formula is C20H20N2. The van der Waals surface area contributed by atoms with Gasteiger partial charge in [-0.25, -0.2) is 0 Å². The summed E-state index contributed by atoms with van der Waals surface area (Å²) >= 11 is 0. The smallest absolute Gasteiger partial charge is 0.0991 e. The van der Waals surface area contributed by atoms with E-state index in [1.165, 1.54) is 37.1 Å². The highest BCUT2D eigenvalue weighted by molar-refractivity contribution is 5.33. The molecule has 0 unspecified atom stereocenters. The first-order chi connectivity index (χ1) is 10.8. The summed E-state index contributed by atoms with van der Waals surface area (Å²) in [6.07, 6.45) is 2.68. The molecule has 2 fully saturated rings. The zero-order valence-corrected chi connectivity index (χ0v) is 12.7. The van der Waals surface area contributed by atoms with Crippen LogP contribution in [0.2, 0.25) is 0 Å². The van der Waals surface area contributed by atoms with Crippen molar-refractivity contribution in [2.24, 2.45) is 5.41 Å². The summed E-state index contributed by atoms with van der Waals surface area (Å²) in [4.78, 5) is 2.51. The molecule has 2 nitrogen and oxygen atoms in total. The highest BCUT2D eigenvalue weighted by Crippen LogP contribution is 2.56. The van der Waals surface area contributed by atoms with Gasteiger partial charge in [0.15, 0.2) is 0 Å². The van der Waals surface area contributed by atoms with Gasteiger partial charge in [-0.3, -0.25) is 4.90 Å². The van der Waals surface area contributed by atoms with E-state index in [0.29, 0.717) is 5.41 Å². The van der Waals surface area contributed by atoms with E-state index in [9.17, 15) is 0 Å². The third-order valence-electron chi connectivity index (χ3n) is 5.21. The van der Waals surface area contributed by atoms with Crippen LogP contribution in [0.5, 0.6) is 0 Å². The van der Waals surface area contributed by atoms with E-state index in [4.69, 9.17) is 5.26 Å². The molecule has 2 heteroatoms. The molecule has 0 atom stereocenters. The van der Waals surface area contributed by atoms with Gasteiger partial charge in [0.2, 0.25) is 0 Å². The van der Waals surface area contributed by atoms with Gasteiger partial charge < -0.3 is 0 Å². The molecule has 2 aromatic carbocycles. The molecule has 1 heterocycles. The number of benzene rings is 2. The van der Waals surface area contributed by atoms with Crippen molar-refractivity contribution in [2.45, 2.75) is 25.3 Å². The van der Waals surface area contributed by atoms with Crippen LogP contribution in [-0.4, -0.2) is 18.0 Å². The van der Waals surface area contributed by atoms with Crippen molar-refractivity contribution in [3.8, 4) is 6.07 Å². The van der Waals surface area contributed by atoms with Crippen LogP contribution in [0.15, 0.2) is 54.6 Å². The van der Waals surface area contributed by atoms with Crippen LogP contribution in [0, 0.1) is 16.7 Å². The Hall–Kier alpha value is -2.11. The highest BCUT2D eigenvalue weighted by Gasteiger charge is 2.52. The Bertz CT molecular complexity index is 700. The molecule has 110 valence electrons. The lowest BCUT2D eigenvalue weighted by Gasteiger charge is -2.59. The SMILES string of the molecule is N#Cc1cccc(CN2CC3(CC(c4ccccc4)C3)C2)c1. The molecule has 1 saturated carbocycles. The Balaban J connectivity index is 1.31. The van der Waals surface area contributed by atoms with Crippen LogP contribution in [0.25, 0.3) is 0 Å². The van der Waals surface area contributed by atoms with E-state index in [-0.39, 0.29) is 0 Å². The summed E-state index contributed by atoms with van der Waals surface area (Å²) in [7, 11) is 0. The second-order valence-electron chi connectivity index (χ2n) is 6.97. The van der Waals surface area contributed by atoms with Crippen LogP contribution in [0.4, 0.5) is 0 Å². The molecule has 22 heavy (non-hydrogen) atoms. The molecule has 0 aromatic heterocycles. The van der Waals surface area contributed by atoms with Gasteiger partial charge in [0.25, 0.3) is 0 Å². The predicted octanol–water partition coefficient (Wildman–Crippen LogP) is 3.94. The van der Waals surface area contributed by atoms with E-state index in [2.05, 4.69) is 47.4 Å². The molecule has 0 amide bonds. The Morgan fingerprint density at radius 2 is 1.82 bits per heavy atom. The molecule has 0 bridgehead atoms. The Kier molecular flexibility index (Phi) is 3.24. The van der Waals surface area contributed by atoms with E-state index >= 15 is 0 Å². The maximum absolute atomic E-state index is 8.97. The van der Waals surface area contributed by atoms with Gasteiger partial charge in [0, 0.05) is 19.6 Å². The minimum Gasteiger partial charge on any atom is -0.298 e. The Morgan fingerprint density at radius 3 is 2.55 bits per heavy atom. The quantitative estimate of drug-likeness (QED) is 0.855. The molecule has 0 radical (unpaired) electrons. The zero-order valence-electron chi connectivity index (χ0n) is 12.7. The average molecular weight is 288 g/mol. The number of rotatable bonds is 3. The van der Waals surface area contributed by atoms with Crippen molar-refractivity contribution in [1.29, 1.82) is 5.26 Å². The summed E-state index contributed by atoms with van der Waals surface area (Å²) in [5, 5.41) is 8.97. The molecule has 2 aromatic rings. The van der Waals surface area contributed by atoms with Gasteiger partial charge >= 0.3 is 0 Å². The van der Waals surface area contributed by atoms with Gasteiger partial charge in [-0.05, 0) is 47.4 Å². The normalized spacial score (nSPS) is 20.1. The topological polar surface area (TPSA) is 27.0 Å². The van der Waals surface area contributed by atoms with Gasteiger partial charge in [-0.2, -0.15) is 5.26 Å². The summed E-state index contributed by atoms with van der Waals surface area (Å²) in [5.74, 6) is 0.769. The first kappa shape index (κ1) is 13.5. The third kappa shape index (κ3) is 2.42. The van der Waals surface area contributed by atoms with Crippen molar-refractivity contribution in [2.75, 3.05) is 13.1 Å². The van der Waals surface area contributed by atoms with Crippen molar-refractivity contribution in [1.82, 2.24) is 4.90 Å². The van der Waals surface area contributed by atoms with E-state index in [1.54, 1.807) is 0 Å². The second-order valence-corrected chi connectivity index (χ2v) is 6.97. The van der Waals surface area contributed by atoms with Crippen molar-refractivity contribution >= 4 is 0 Å². The van der Waals surface area contributed by atoms with Crippen LogP contribution in [0.1, 0.15) is 35.4 Å². The summed E-state index contributed by atoms with van der Waals surface area (Å²) in [6.45, 7) is 3.41. The number of hydrogen-bond donors (Lipinski definition) is 0. The van der Waals surface area contributed by atoms with E-state index in [1.807, 2.05) is 18.2 Å². The first-order valence-electron chi connectivity index (χ1n) is 8.03. The number of nitrogens with zero attached hydrogens (tertiary/aromatic N) is 2. The number of nitriles is 1. The predicted molar refractivity (Wildman–Crippen MR) is 87.3 cm³/mol. The van der Waals surface area contributed by atoms with E-state index < -0.39 is 0 Å². The van der Waals surface area contributed by atoms with Crippen LogP contribution in [-0.2, 0) is 6.54 Å². The first-order valence-corrected chi connectivity index (χ1v) is 8.03. The fraction of sp³-hybridized carbons (Fsp3) is 0.350. The highest BCUT2D eigenvalue weighted by atomic mass is 15.2. The van der Waals surface area contributed by atoms with E-state index in [0.717, 1.165) is 18.0 Å². The molecule has 1 aliphatic carbocycles. The lowest BCUT2D eigenvalue weighted by molar-refractivity contribution is -0.0775. The van der Waals surface area contributed by atoms with Gasteiger partial charge in [0.1, 0.15) is 0 Å². The van der Waals surface area contributed by atoms with Crippen LogP contribution >= 0.6 is 0 Å². The van der Waals surface area contributed by atoms with Crippen molar-refractivity contribution in [3.05, 3.63) is 71.3 Å². The van der Waals surface area contributed by atoms with Gasteiger partial charge in [-0.1, -0.05) is 42.5 Å². The minimum atomic E-state index is 0.577. The molecule has 1 saturated heterocycles. The van der Waals surface area contributed by atoms with Gasteiger partial charge in [-0.15, -0.1) is 0 Å². The molecule has 0 N–H and O–H groups in total. The molecule has 2 aliphatic rings.